The van der Waals surface area contributed by atoms with E-state index in [1.165, 1.54) is 5.56 Å². The first-order valence-corrected chi connectivity index (χ1v) is 10.6. The van der Waals surface area contributed by atoms with Crippen LogP contribution in [0.1, 0.15) is 39.2 Å². The van der Waals surface area contributed by atoms with Gasteiger partial charge in [0.15, 0.2) is 15.8 Å². The zero-order chi connectivity index (χ0) is 17.1. The lowest BCUT2D eigenvalue weighted by molar-refractivity contribution is 0.353. The summed E-state index contributed by atoms with van der Waals surface area (Å²) >= 11 is 1.70. The molecule has 0 aromatic carbocycles. The number of guanidine groups is 1. The Morgan fingerprint density at radius 3 is 2.83 bits per heavy atom. The quantitative estimate of drug-likeness (QED) is 0.664. The van der Waals surface area contributed by atoms with E-state index in [-0.39, 0.29) is 5.75 Å². The molecule has 2 heterocycles. The lowest BCUT2D eigenvalue weighted by atomic mass is 10.1. The fourth-order valence-corrected chi connectivity index (χ4v) is 4.78. The van der Waals surface area contributed by atoms with Crippen molar-refractivity contribution in [2.45, 2.75) is 38.4 Å². The van der Waals surface area contributed by atoms with Gasteiger partial charge in [0.05, 0.1) is 10.5 Å². The van der Waals surface area contributed by atoms with E-state index in [2.05, 4.69) is 34.0 Å². The SMILES string of the molecule is CCNC(=NCC(C)c1ccsc1)N1CCS(=O)(=O)C(C)(C)C1. The van der Waals surface area contributed by atoms with Gasteiger partial charge in [-0.15, -0.1) is 0 Å². The summed E-state index contributed by atoms with van der Waals surface area (Å²) in [5, 5.41) is 7.54. The molecule has 1 saturated heterocycles. The molecule has 1 atom stereocenters. The maximum Gasteiger partial charge on any atom is 0.194 e. The van der Waals surface area contributed by atoms with E-state index in [1.807, 2.05) is 6.92 Å². The average molecular weight is 358 g/mol. The molecule has 1 aromatic heterocycles. The predicted molar refractivity (Wildman–Crippen MR) is 98.2 cm³/mol. The van der Waals surface area contributed by atoms with Gasteiger partial charge in [0.1, 0.15) is 0 Å². The second-order valence-electron chi connectivity index (χ2n) is 6.65. The number of aliphatic imine (C=N–C) groups is 1. The molecule has 5 nitrogen and oxygen atoms in total. The van der Waals surface area contributed by atoms with Crippen LogP contribution in [0.5, 0.6) is 0 Å². The van der Waals surface area contributed by atoms with Crippen LogP contribution in [0.4, 0.5) is 0 Å². The molecule has 0 aliphatic carbocycles. The van der Waals surface area contributed by atoms with Crippen LogP contribution in [0.3, 0.4) is 0 Å². The highest BCUT2D eigenvalue weighted by Gasteiger charge is 2.40. The van der Waals surface area contributed by atoms with E-state index >= 15 is 0 Å². The van der Waals surface area contributed by atoms with Gasteiger partial charge in [-0.3, -0.25) is 4.99 Å². The number of nitrogens with zero attached hydrogens (tertiary/aromatic N) is 2. The summed E-state index contributed by atoms with van der Waals surface area (Å²) in [4.78, 5) is 6.82. The van der Waals surface area contributed by atoms with Crippen LogP contribution in [-0.4, -0.2) is 56.0 Å². The Bertz CT molecular complexity index is 636. The molecular weight excluding hydrogens is 330 g/mol. The summed E-state index contributed by atoms with van der Waals surface area (Å²) in [5.74, 6) is 1.36. The van der Waals surface area contributed by atoms with Gasteiger partial charge >= 0.3 is 0 Å². The van der Waals surface area contributed by atoms with Gasteiger partial charge in [-0.2, -0.15) is 11.3 Å². The van der Waals surface area contributed by atoms with E-state index in [0.717, 1.165) is 12.5 Å². The van der Waals surface area contributed by atoms with E-state index in [1.54, 1.807) is 25.2 Å². The first kappa shape index (κ1) is 18.3. The number of nitrogens with one attached hydrogen (secondary N) is 1. The molecule has 1 fully saturated rings. The number of hydrogen-bond donors (Lipinski definition) is 1. The average Bonchev–Trinajstić information content (AvgIpc) is 3.00. The lowest BCUT2D eigenvalue weighted by Crippen LogP contribution is -2.57. The van der Waals surface area contributed by atoms with Crippen molar-refractivity contribution in [3.05, 3.63) is 22.4 Å². The minimum Gasteiger partial charge on any atom is -0.357 e. The van der Waals surface area contributed by atoms with Crippen molar-refractivity contribution >= 4 is 27.1 Å². The molecule has 0 spiro atoms. The Hall–Kier alpha value is -1.08. The van der Waals surface area contributed by atoms with Crippen molar-refractivity contribution in [2.75, 3.05) is 31.9 Å². The highest BCUT2D eigenvalue weighted by molar-refractivity contribution is 7.92. The Kier molecular flexibility index (Phi) is 5.73. The summed E-state index contributed by atoms with van der Waals surface area (Å²) in [6, 6.07) is 2.13. The monoisotopic (exact) mass is 357 g/mol. The smallest absolute Gasteiger partial charge is 0.194 e. The number of sulfone groups is 1. The van der Waals surface area contributed by atoms with Gasteiger partial charge in [0.25, 0.3) is 0 Å². The summed E-state index contributed by atoms with van der Waals surface area (Å²) in [7, 11) is -3.03. The van der Waals surface area contributed by atoms with E-state index in [9.17, 15) is 8.42 Å². The van der Waals surface area contributed by atoms with Gasteiger partial charge in [0, 0.05) is 32.1 Å². The van der Waals surface area contributed by atoms with Crippen molar-refractivity contribution in [3.63, 3.8) is 0 Å². The van der Waals surface area contributed by atoms with Crippen LogP contribution >= 0.6 is 11.3 Å². The number of thiophene rings is 1. The highest BCUT2D eigenvalue weighted by Crippen LogP contribution is 2.24. The zero-order valence-electron chi connectivity index (χ0n) is 14.4. The molecule has 1 unspecified atom stereocenters. The molecule has 0 saturated carbocycles. The number of rotatable bonds is 4. The van der Waals surface area contributed by atoms with Gasteiger partial charge in [-0.05, 0) is 43.2 Å². The fraction of sp³-hybridized carbons (Fsp3) is 0.688. The van der Waals surface area contributed by atoms with Gasteiger partial charge < -0.3 is 10.2 Å². The maximum absolute atomic E-state index is 12.2. The van der Waals surface area contributed by atoms with Crippen molar-refractivity contribution in [2.24, 2.45) is 4.99 Å². The standard InChI is InChI=1S/C16H27N3O2S2/c1-5-17-15(18-10-13(2)14-6-8-22-11-14)19-7-9-23(20,21)16(3,4)12-19/h6,8,11,13H,5,7,9-10,12H2,1-4H3,(H,17,18). The molecule has 2 rings (SSSR count). The maximum atomic E-state index is 12.2. The van der Waals surface area contributed by atoms with E-state index in [4.69, 9.17) is 4.99 Å². The molecule has 1 N–H and O–H groups in total. The Labute approximate surface area is 143 Å². The van der Waals surface area contributed by atoms with Crippen LogP contribution in [0, 0.1) is 0 Å². The summed E-state index contributed by atoms with van der Waals surface area (Å²) < 4.78 is 23.6. The molecule has 7 heteroatoms. The highest BCUT2D eigenvalue weighted by atomic mass is 32.2. The molecule has 23 heavy (non-hydrogen) atoms. The van der Waals surface area contributed by atoms with Crippen molar-refractivity contribution in [1.82, 2.24) is 10.2 Å². The van der Waals surface area contributed by atoms with Gasteiger partial charge in [-0.25, -0.2) is 8.42 Å². The molecule has 1 aliphatic rings. The van der Waals surface area contributed by atoms with Crippen molar-refractivity contribution in [1.29, 1.82) is 0 Å². The first-order chi connectivity index (χ1) is 10.8. The largest absolute Gasteiger partial charge is 0.357 e. The molecule has 0 radical (unpaired) electrons. The topological polar surface area (TPSA) is 61.8 Å². The second-order valence-corrected chi connectivity index (χ2v) is 10.2. The Morgan fingerprint density at radius 1 is 1.52 bits per heavy atom. The van der Waals surface area contributed by atoms with Crippen LogP contribution in [0.25, 0.3) is 0 Å². The molecular formula is C16H27N3O2S2. The van der Waals surface area contributed by atoms with E-state index in [0.29, 0.717) is 25.6 Å². The Balaban J connectivity index is 2.10. The molecule has 130 valence electrons. The fourth-order valence-electron chi connectivity index (χ4n) is 2.63. The third kappa shape index (κ3) is 4.26. The van der Waals surface area contributed by atoms with Crippen LogP contribution in [0.2, 0.25) is 0 Å². The van der Waals surface area contributed by atoms with E-state index < -0.39 is 14.6 Å². The Morgan fingerprint density at radius 2 is 2.26 bits per heavy atom. The third-order valence-corrected chi connectivity index (χ3v) is 7.54. The molecule has 1 aliphatic heterocycles. The lowest BCUT2D eigenvalue weighted by Gasteiger charge is -2.39. The van der Waals surface area contributed by atoms with Crippen molar-refractivity contribution < 1.29 is 8.42 Å². The zero-order valence-corrected chi connectivity index (χ0v) is 16.0. The van der Waals surface area contributed by atoms with Gasteiger partial charge in [0.2, 0.25) is 0 Å². The summed E-state index contributed by atoms with van der Waals surface area (Å²) in [5.41, 5.74) is 1.30. The van der Waals surface area contributed by atoms with Gasteiger partial charge in [-0.1, -0.05) is 6.92 Å². The first-order valence-electron chi connectivity index (χ1n) is 8.04. The minimum absolute atomic E-state index is 0.185. The van der Waals surface area contributed by atoms with Crippen LogP contribution in [0.15, 0.2) is 21.8 Å². The molecule has 1 aromatic rings. The summed E-state index contributed by atoms with van der Waals surface area (Å²) in [6.07, 6.45) is 0. The van der Waals surface area contributed by atoms with Crippen LogP contribution in [-0.2, 0) is 9.84 Å². The second kappa shape index (κ2) is 7.21. The summed E-state index contributed by atoms with van der Waals surface area (Å²) in [6.45, 7) is 10.2. The van der Waals surface area contributed by atoms with Crippen LogP contribution < -0.4 is 5.32 Å². The predicted octanol–water partition coefficient (Wildman–Crippen LogP) is 2.33. The molecule has 0 amide bonds. The van der Waals surface area contributed by atoms with Crippen molar-refractivity contribution in [3.8, 4) is 0 Å². The minimum atomic E-state index is -3.03. The normalized spacial score (nSPS) is 21.9. The third-order valence-electron chi connectivity index (χ3n) is 4.31. The molecule has 0 bridgehead atoms. The number of hydrogen-bond acceptors (Lipinski definition) is 4.